The highest BCUT2D eigenvalue weighted by atomic mass is 16.4. The SMILES string of the molecule is O=C(O)CC1CCN(c2ccncn2)C1. The van der Waals surface area contributed by atoms with E-state index < -0.39 is 5.97 Å². The van der Waals surface area contributed by atoms with Gasteiger partial charge in [-0.25, -0.2) is 9.97 Å². The van der Waals surface area contributed by atoms with Crippen LogP contribution in [-0.2, 0) is 4.79 Å². The van der Waals surface area contributed by atoms with Crippen molar-refractivity contribution in [1.29, 1.82) is 0 Å². The monoisotopic (exact) mass is 207 g/mol. The van der Waals surface area contributed by atoms with E-state index in [1.807, 2.05) is 6.07 Å². The van der Waals surface area contributed by atoms with Crippen LogP contribution in [0.15, 0.2) is 18.6 Å². The summed E-state index contributed by atoms with van der Waals surface area (Å²) in [7, 11) is 0. The fraction of sp³-hybridized carbons (Fsp3) is 0.500. The van der Waals surface area contributed by atoms with E-state index in [1.54, 1.807) is 6.20 Å². The molecule has 5 nitrogen and oxygen atoms in total. The van der Waals surface area contributed by atoms with Crippen molar-refractivity contribution in [2.45, 2.75) is 12.8 Å². The number of hydrogen-bond donors (Lipinski definition) is 1. The first-order chi connectivity index (χ1) is 7.25. The quantitative estimate of drug-likeness (QED) is 0.793. The molecule has 1 atom stereocenters. The molecule has 1 N–H and O–H groups in total. The first kappa shape index (κ1) is 9.89. The van der Waals surface area contributed by atoms with Crippen molar-refractivity contribution in [3.63, 3.8) is 0 Å². The summed E-state index contributed by atoms with van der Waals surface area (Å²) in [4.78, 5) is 20.7. The van der Waals surface area contributed by atoms with Crippen molar-refractivity contribution in [1.82, 2.24) is 9.97 Å². The van der Waals surface area contributed by atoms with Gasteiger partial charge in [-0.2, -0.15) is 0 Å². The van der Waals surface area contributed by atoms with E-state index in [0.717, 1.165) is 25.3 Å². The summed E-state index contributed by atoms with van der Waals surface area (Å²) in [6, 6.07) is 1.85. The molecule has 0 saturated carbocycles. The average molecular weight is 207 g/mol. The predicted octanol–water partition coefficient (Wildman–Crippen LogP) is 0.778. The molecule has 1 fully saturated rings. The molecule has 0 bridgehead atoms. The number of carboxylic acids is 1. The second-order valence-electron chi connectivity index (χ2n) is 3.77. The number of carboxylic acid groups (broad SMARTS) is 1. The van der Waals surface area contributed by atoms with Gasteiger partial charge in [-0.15, -0.1) is 0 Å². The summed E-state index contributed by atoms with van der Waals surface area (Å²) >= 11 is 0. The maximum Gasteiger partial charge on any atom is 0.303 e. The summed E-state index contributed by atoms with van der Waals surface area (Å²) in [6.07, 6.45) is 4.39. The van der Waals surface area contributed by atoms with Gasteiger partial charge in [0.05, 0.1) is 0 Å². The van der Waals surface area contributed by atoms with Gasteiger partial charge >= 0.3 is 5.97 Å². The Bertz CT molecular complexity index is 342. The molecule has 0 spiro atoms. The maximum atomic E-state index is 10.6. The van der Waals surface area contributed by atoms with Crippen LogP contribution in [0.5, 0.6) is 0 Å². The van der Waals surface area contributed by atoms with Gasteiger partial charge in [-0.1, -0.05) is 0 Å². The highest BCUT2D eigenvalue weighted by molar-refractivity contribution is 5.67. The van der Waals surface area contributed by atoms with E-state index in [1.165, 1.54) is 6.33 Å². The highest BCUT2D eigenvalue weighted by Crippen LogP contribution is 2.23. The van der Waals surface area contributed by atoms with E-state index in [9.17, 15) is 4.79 Å². The van der Waals surface area contributed by atoms with E-state index >= 15 is 0 Å². The number of hydrogen-bond acceptors (Lipinski definition) is 4. The Balaban J connectivity index is 1.96. The average Bonchev–Trinajstić information content (AvgIpc) is 2.67. The Hall–Kier alpha value is -1.65. The molecule has 0 aromatic carbocycles. The molecular weight excluding hydrogens is 194 g/mol. The Labute approximate surface area is 87.8 Å². The molecule has 1 aromatic heterocycles. The lowest BCUT2D eigenvalue weighted by atomic mass is 10.1. The molecule has 80 valence electrons. The van der Waals surface area contributed by atoms with Crippen LogP contribution in [0.25, 0.3) is 0 Å². The van der Waals surface area contributed by atoms with Gasteiger partial charge in [-0.3, -0.25) is 4.79 Å². The van der Waals surface area contributed by atoms with Crippen LogP contribution in [0, 0.1) is 5.92 Å². The van der Waals surface area contributed by atoms with Crippen LogP contribution in [0.1, 0.15) is 12.8 Å². The van der Waals surface area contributed by atoms with Crippen LogP contribution in [0.4, 0.5) is 5.82 Å². The third-order valence-corrected chi connectivity index (χ3v) is 2.64. The van der Waals surface area contributed by atoms with Gasteiger partial charge < -0.3 is 10.0 Å². The molecule has 1 aliphatic heterocycles. The highest BCUT2D eigenvalue weighted by Gasteiger charge is 2.24. The third-order valence-electron chi connectivity index (χ3n) is 2.64. The van der Waals surface area contributed by atoms with Gasteiger partial charge in [0.2, 0.25) is 0 Å². The van der Waals surface area contributed by atoms with Crippen molar-refractivity contribution in [2.75, 3.05) is 18.0 Å². The molecule has 5 heteroatoms. The van der Waals surface area contributed by atoms with Crippen LogP contribution >= 0.6 is 0 Å². The minimum absolute atomic E-state index is 0.248. The Morgan fingerprint density at radius 3 is 3.20 bits per heavy atom. The zero-order valence-corrected chi connectivity index (χ0v) is 8.33. The minimum atomic E-state index is -0.718. The van der Waals surface area contributed by atoms with E-state index in [2.05, 4.69) is 14.9 Å². The maximum absolute atomic E-state index is 10.6. The largest absolute Gasteiger partial charge is 0.481 e. The van der Waals surface area contributed by atoms with Crippen LogP contribution in [-0.4, -0.2) is 34.1 Å². The molecule has 0 amide bonds. The second-order valence-corrected chi connectivity index (χ2v) is 3.77. The van der Waals surface area contributed by atoms with Gasteiger partial charge in [0.15, 0.2) is 0 Å². The molecule has 1 aromatic rings. The number of carbonyl (C=O) groups is 1. The number of aliphatic carboxylic acids is 1. The first-order valence-electron chi connectivity index (χ1n) is 4.98. The molecule has 2 heterocycles. The van der Waals surface area contributed by atoms with Gasteiger partial charge in [0.25, 0.3) is 0 Å². The number of anilines is 1. The predicted molar refractivity (Wildman–Crippen MR) is 54.6 cm³/mol. The Morgan fingerprint density at radius 1 is 1.67 bits per heavy atom. The summed E-state index contributed by atoms with van der Waals surface area (Å²) < 4.78 is 0. The van der Waals surface area contributed by atoms with Crippen molar-refractivity contribution in [3.8, 4) is 0 Å². The zero-order valence-electron chi connectivity index (χ0n) is 8.33. The van der Waals surface area contributed by atoms with Gasteiger partial charge in [0.1, 0.15) is 12.1 Å². The summed E-state index contributed by atoms with van der Waals surface area (Å²) in [5.41, 5.74) is 0. The van der Waals surface area contributed by atoms with Gasteiger partial charge in [-0.05, 0) is 18.4 Å². The topological polar surface area (TPSA) is 66.3 Å². The van der Waals surface area contributed by atoms with Crippen molar-refractivity contribution in [3.05, 3.63) is 18.6 Å². The third kappa shape index (κ3) is 2.43. The number of nitrogens with zero attached hydrogens (tertiary/aromatic N) is 3. The number of aromatic nitrogens is 2. The molecule has 1 saturated heterocycles. The molecule has 1 unspecified atom stereocenters. The minimum Gasteiger partial charge on any atom is -0.481 e. The smallest absolute Gasteiger partial charge is 0.303 e. The van der Waals surface area contributed by atoms with E-state index in [-0.39, 0.29) is 12.3 Å². The first-order valence-corrected chi connectivity index (χ1v) is 4.98. The van der Waals surface area contributed by atoms with E-state index in [0.29, 0.717) is 0 Å². The summed E-state index contributed by atoms with van der Waals surface area (Å²) in [5, 5.41) is 8.69. The molecule has 0 aliphatic carbocycles. The number of rotatable bonds is 3. The van der Waals surface area contributed by atoms with Crippen LogP contribution in [0.3, 0.4) is 0 Å². The van der Waals surface area contributed by atoms with Crippen LogP contribution in [0.2, 0.25) is 0 Å². The molecule has 1 aliphatic rings. The zero-order chi connectivity index (χ0) is 10.7. The van der Waals surface area contributed by atoms with Crippen LogP contribution < -0.4 is 4.90 Å². The van der Waals surface area contributed by atoms with Crippen molar-refractivity contribution in [2.24, 2.45) is 5.92 Å². The lowest BCUT2D eigenvalue weighted by Crippen LogP contribution is -2.21. The molecule has 15 heavy (non-hydrogen) atoms. The Morgan fingerprint density at radius 2 is 2.53 bits per heavy atom. The van der Waals surface area contributed by atoms with Gasteiger partial charge in [0, 0.05) is 25.7 Å². The van der Waals surface area contributed by atoms with Crippen molar-refractivity contribution >= 4 is 11.8 Å². The Kier molecular flexibility index (Phi) is 2.80. The standard InChI is InChI=1S/C10H13N3O2/c14-10(15)5-8-2-4-13(6-8)9-1-3-11-7-12-9/h1,3,7-8H,2,4-6H2,(H,14,15). The molecule has 0 radical (unpaired) electrons. The lowest BCUT2D eigenvalue weighted by molar-refractivity contribution is -0.137. The van der Waals surface area contributed by atoms with Crippen molar-refractivity contribution < 1.29 is 9.90 Å². The fourth-order valence-corrected chi connectivity index (χ4v) is 1.93. The fourth-order valence-electron chi connectivity index (χ4n) is 1.93. The normalized spacial score (nSPS) is 20.5. The molecular formula is C10H13N3O2. The lowest BCUT2D eigenvalue weighted by Gasteiger charge is -2.16. The molecule has 2 rings (SSSR count). The van der Waals surface area contributed by atoms with E-state index in [4.69, 9.17) is 5.11 Å². The second kappa shape index (κ2) is 4.25. The summed E-state index contributed by atoms with van der Waals surface area (Å²) in [5.74, 6) is 0.417. The summed E-state index contributed by atoms with van der Waals surface area (Å²) in [6.45, 7) is 1.66.